The van der Waals surface area contributed by atoms with Crippen molar-refractivity contribution in [2.75, 3.05) is 6.54 Å². The second-order valence-electron chi connectivity index (χ2n) is 5.11. The lowest BCUT2D eigenvalue weighted by Crippen LogP contribution is -2.31. The van der Waals surface area contributed by atoms with Gasteiger partial charge >= 0.3 is 0 Å². The van der Waals surface area contributed by atoms with Crippen LogP contribution in [0.3, 0.4) is 0 Å². The van der Waals surface area contributed by atoms with Gasteiger partial charge in [-0.1, -0.05) is 6.07 Å². The van der Waals surface area contributed by atoms with Crippen molar-refractivity contribution >= 4 is 12.0 Å². The van der Waals surface area contributed by atoms with Gasteiger partial charge in [0.15, 0.2) is 5.82 Å². The van der Waals surface area contributed by atoms with Crippen LogP contribution in [0.2, 0.25) is 0 Å². The van der Waals surface area contributed by atoms with E-state index in [0.29, 0.717) is 5.82 Å². The van der Waals surface area contributed by atoms with Crippen molar-refractivity contribution in [3.8, 4) is 5.82 Å². The van der Waals surface area contributed by atoms with Gasteiger partial charge in [0.2, 0.25) is 5.91 Å². The number of nitrogens with zero attached hydrogens (tertiary/aromatic N) is 5. The summed E-state index contributed by atoms with van der Waals surface area (Å²) in [5.41, 5.74) is 0.596. The Kier molecular flexibility index (Phi) is 5.10. The number of hydrogen-bond donors (Lipinski definition) is 1. The molecular formula is C17H16N6O2. The third-order valence-corrected chi connectivity index (χ3v) is 3.33. The maximum absolute atomic E-state index is 11.9. The fraction of sp³-hybridized carbons (Fsp3) is 0.118. The van der Waals surface area contributed by atoms with Crippen LogP contribution >= 0.6 is 0 Å². The van der Waals surface area contributed by atoms with Gasteiger partial charge in [-0.05, 0) is 29.8 Å². The third kappa shape index (κ3) is 4.47. The number of pyridine rings is 1. The van der Waals surface area contributed by atoms with E-state index < -0.39 is 0 Å². The minimum absolute atomic E-state index is 0.240. The molecule has 0 fully saturated rings. The summed E-state index contributed by atoms with van der Waals surface area (Å²) in [4.78, 5) is 27.6. The molecule has 0 unspecified atom stereocenters. The van der Waals surface area contributed by atoms with Gasteiger partial charge in [-0.2, -0.15) is 5.10 Å². The maximum Gasteiger partial charge on any atom is 0.266 e. The van der Waals surface area contributed by atoms with Crippen molar-refractivity contribution < 1.29 is 4.79 Å². The number of rotatable bonds is 6. The molecule has 0 aliphatic heterocycles. The van der Waals surface area contributed by atoms with Crippen LogP contribution < -0.4 is 10.9 Å². The number of nitrogens with one attached hydrogen (secondary N) is 1. The van der Waals surface area contributed by atoms with Gasteiger partial charge in [-0.3, -0.25) is 14.6 Å². The van der Waals surface area contributed by atoms with Gasteiger partial charge in [0.25, 0.3) is 5.56 Å². The molecule has 1 amide bonds. The molecule has 3 aromatic rings. The lowest BCUT2D eigenvalue weighted by atomic mass is 10.2. The minimum atomic E-state index is -0.250. The lowest BCUT2D eigenvalue weighted by Gasteiger charge is -2.07. The summed E-state index contributed by atoms with van der Waals surface area (Å²) in [6.07, 6.45) is 9.79. The fourth-order valence-electron chi connectivity index (χ4n) is 2.12. The number of carbonyl (C=O) groups excluding carboxylic acids is 1. The number of aromatic nitrogens is 5. The normalized spacial score (nSPS) is 10.9. The van der Waals surface area contributed by atoms with Gasteiger partial charge in [-0.15, -0.1) is 5.10 Å². The topological polar surface area (TPSA) is 94.7 Å². The molecule has 0 bridgehead atoms. The summed E-state index contributed by atoms with van der Waals surface area (Å²) in [6.45, 7) is 0.548. The van der Waals surface area contributed by atoms with Gasteiger partial charge in [0.1, 0.15) is 0 Å². The van der Waals surface area contributed by atoms with Gasteiger partial charge in [0, 0.05) is 43.5 Å². The van der Waals surface area contributed by atoms with E-state index in [2.05, 4.69) is 20.5 Å². The molecule has 0 aliphatic rings. The minimum Gasteiger partial charge on any atom is -0.351 e. The van der Waals surface area contributed by atoms with Crippen LogP contribution in [0, 0.1) is 0 Å². The van der Waals surface area contributed by atoms with Crippen molar-refractivity contribution in [3.63, 3.8) is 0 Å². The van der Waals surface area contributed by atoms with Crippen molar-refractivity contribution in [3.05, 3.63) is 77.1 Å². The Morgan fingerprint density at radius 3 is 2.88 bits per heavy atom. The Balaban J connectivity index is 1.57. The Hall–Kier alpha value is -3.55. The van der Waals surface area contributed by atoms with Crippen molar-refractivity contribution in [1.82, 2.24) is 29.9 Å². The highest BCUT2D eigenvalue weighted by Gasteiger charge is 2.03. The van der Waals surface area contributed by atoms with Crippen molar-refractivity contribution in [1.29, 1.82) is 0 Å². The summed E-state index contributed by atoms with van der Waals surface area (Å²) in [6, 6.07) is 8.43. The Morgan fingerprint density at radius 1 is 1.20 bits per heavy atom. The molecule has 25 heavy (non-hydrogen) atoms. The largest absolute Gasteiger partial charge is 0.351 e. The second-order valence-corrected chi connectivity index (χ2v) is 5.11. The standard InChI is InChI=1S/C17H16N6O2/c24-16(6-4-14-3-1-8-18-13-14)19-10-12-23-17(25)7-5-15(21-23)22-11-2-9-20-22/h1-9,11,13H,10,12H2,(H,19,24)/b6-4+. The Morgan fingerprint density at radius 2 is 2.12 bits per heavy atom. The van der Waals surface area contributed by atoms with Crippen LogP contribution in [-0.2, 0) is 11.3 Å². The SMILES string of the molecule is O=C(/C=C/c1cccnc1)NCCn1nc(-n2cccn2)ccc1=O. The highest BCUT2D eigenvalue weighted by molar-refractivity contribution is 5.91. The van der Waals surface area contributed by atoms with Crippen LogP contribution in [0.5, 0.6) is 0 Å². The first-order valence-corrected chi connectivity index (χ1v) is 7.66. The molecule has 0 saturated carbocycles. The first-order chi connectivity index (χ1) is 12.2. The molecule has 0 spiro atoms. The average Bonchev–Trinajstić information content (AvgIpc) is 3.17. The van der Waals surface area contributed by atoms with E-state index in [0.717, 1.165) is 5.56 Å². The second kappa shape index (κ2) is 7.82. The van der Waals surface area contributed by atoms with E-state index >= 15 is 0 Å². The fourth-order valence-corrected chi connectivity index (χ4v) is 2.12. The number of hydrogen-bond acceptors (Lipinski definition) is 5. The zero-order valence-corrected chi connectivity index (χ0v) is 13.3. The van der Waals surface area contributed by atoms with Crippen LogP contribution in [0.15, 0.2) is 66.0 Å². The molecule has 0 atom stereocenters. The molecule has 8 nitrogen and oxygen atoms in total. The van der Waals surface area contributed by atoms with E-state index in [1.807, 2.05) is 6.07 Å². The molecule has 3 heterocycles. The van der Waals surface area contributed by atoms with E-state index in [1.54, 1.807) is 53.7 Å². The van der Waals surface area contributed by atoms with E-state index in [1.165, 1.54) is 16.8 Å². The van der Waals surface area contributed by atoms with Crippen LogP contribution in [-0.4, -0.2) is 37.0 Å². The highest BCUT2D eigenvalue weighted by Crippen LogP contribution is 1.99. The predicted octanol–water partition coefficient (Wildman–Crippen LogP) is 0.654. The molecule has 0 saturated heterocycles. The van der Waals surface area contributed by atoms with Crippen LogP contribution in [0.4, 0.5) is 0 Å². The monoisotopic (exact) mass is 336 g/mol. The highest BCUT2D eigenvalue weighted by atomic mass is 16.1. The number of amides is 1. The van der Waals surface area contributed by atoms with Gasteiger partial charge < -0.3 is 5.32 Å². The van der Waals surface area contributed by atoms with Crippen LogP contribution in [0.25, 0.3) is 11.9 Å². The molecule has 0 radical (unpaired) electrons. The molecule has 8 heteroatoms. The zero-order valence-electron chi connectivity index (χ0n) is 13.3. The van der Waals surface area contributed by atoms with Crippen LogP contribution in [0.1, 0.15) is 5.56 Å². The molecule has 0 aliphatic carbocycles. The summed E-state index contributed by atoms with van der Waals surface area (Å²) in [5, 5.41) is 11.0. The van der Waals surface area contributed by atoms with Gasteiger partial charge in [0.05, 0.1) is 6.54 Å². The summed E-state index contributed by atoms with van der Waals surface area (Å²) in [5.74, 6) is 0.285. The first kappa shape index (κ1) is 16.3. The van der Waals surface area contributed by atoms with Crippen molar-refractivity contribution in [2.45, 2.75) is 6.54 Å². The third-order valence-electron chi connectivity index (χ3n) is 3.33. The summed E-state index contributed by atoms with van der Waals surface area (Å²) >= 11 is 0. The molecule has 1 N–H and O–H groups in total. The van der Waals surface area contributed by atoms with Gasteiger partial charge in [-0.25, -0.2) is 9.36 Å². The quantitative estimate of drug-likeness (QED) is 0.667. The lowest BCUT2D eigenvalue weighted by molar-refractivity contribution is -0.116. The number of carbonyl (C=O) groups is 1. The Bertz CT molecular complexity index is 916. The van der Waals surface area contributed by atoms with E-state index in [9.17, 15) is 9.59 Å². The maximum atomic E-state index is 11.9. The predicted molar refractivity (Wildman–Crippen MR) is 91.9 cm³/mol. The zero-order chi connectivity index (χ0) is 17.5. The Labute approximate surface area is 143 Å². The smallest absolute Gasteiger partial charge is 0.266 e. The summed E-state index contributed by atoms with van der Waals surface area (Å²) < 4.78 is 2.85. The molecule has 0 aromatic carbocycles. The molecule has 126 valence electrons. The molecular weight excluding hydrogens is 320 g/mol. The summed E-state index contributed by atoms with van der Waals surface area (Å²) in [7, 11) is 0. The first-order valence-electron chi connectivity index (χ1n) is 7.66. The average molecular weight is 336 g/mol. The molecule has 3 rings (SSSR count). The molecule has 3 aromatic heterocycles. The van der Waals surface area contributed by atoms with E-state index in [4.69, 9.17) is 0 Å². The van der Waals surface area contributed by atoms with E-state index in [-0.39, 0.29) is 24.6 Å². The van der Waals surface area contributed by atoms with Crippen molar-refractivity contribution in [2.24, 2.45) is 0 Å².